The van der Waals surface area contributed by atoms with Gasteiger partial charge in [0.1, 0.15) is 11.6 Å². The van der Waals surface area contributed by atoms with Crippen LogP contribution in [0.15, 0.2) is 22.7 Å². The first-order chi connectivity index (χ1) is 9.79. The van der Waals surface area contributed by atoms with Crippen LogP contribution in [0.4, 0.5) is 11.6 Å². The third-order valence-electron chi connectivity index (χ3n) is 2.87. The second-order valence-electron chi connectivity index (χ2n) is 5.80. The van der Waals surface area contributed by atoms with Gasteiger partial charge in [-0.2, -0.15) is 0 Å². The fraction of sp³-hybridized carbons (Fsp3) is 0.357. The number of hydrogen-bond donors (Lipinski definition) is 3. The average molecular weight is 289 g/mol. The molecule has 0 unspecified atom stereocenters. The van der Waals surface area contributed by atoms with Gasteiger partial charge in [-0.05, 0) is 19.1 Å². The zero-order valence-electron chi connectivity index (χ0n) is 12.5. The molecule has 2 aromatic heterocycles. The first-order valence-electron chi connectivity index (χ1n) is 6.53. The van der Waals surface area contributed by atoms with Crippen molar-refractivity contribution in [1.82, 2.24) is 10.1 Å². The Kier molecular flexibility index (Phi) is 3.95. The van der Waals surface area contributed by atoms with E-state index in [1.165, 1.54) is 0 Å². The molecule has 0 saturated heterocycles. The Morgan fingerprint density at radius 2 is 1.95 bits per heavy atom. The second-order valence-corrected chi connectivity index (χ2v) is 5.80. The van der Waals surface area contributed by atoms with E-state index in [1.54, 1.807) is 25.1 Å². The molecule has 0 aliphatic carbocycles. The minimum atomic E-state index is -0.298. The van der Waals surface area contributed by atoms with Crippen LogP contribution in [0.3, 0.4) is 0 Å². The van der Waals surface area contributed by atoms with Crippen LogP contribution in [0.2, 0.25) is 0 Å². The number of carbonyl (C=O) groups excluding carboxylic acids is 1. The third kappa shape index (κ3) is 3.57. The van der Waals surface area contributed by atoms with Crippen molar-refractivity contribution in [2.75, 3.05) is 10.7 Å². The number of amides is 1. The standard InChI is InChI=1S/C14H19N5O2/c1-8-5-12(19-21-8)17-13(20)9-6-10(14(2,3)4)16-11(7-9)18-15/h5-7H,15H2,1-4H3,(H,16,18)(H,17,19,20). The number of nitrogens with two attached hydrogens (primary N) is 1. The van der Waals surface area contributed by atoms with E-state index in [-0.39, 0.29) is 11.3 Å². The van der Waals surface area contributed by atoms with Gasteiger partial charge in [0.05, 0.1) is 0 Å². The lowest BCUT2D eigenvalue weighted by Crippen LogP contribution is -2.20. The molecule has 2 heterocycles. The molecule has 0 atom stereocenters. The zero-order valence-corrected chi connectivity index (χ0v) is 12.5. The predicted octanol–water partition coefficient (Wildman–Crippen LogP) is 2.21. The molecule has 2 rings (SSSR count). The Bertz CT molecular complexity index is 658. The molecule has 7 heteroatoms. The normalized spacial score (nSPS) is 11.3. The lowest BCUT2D eigenvalue weighted by Gasteiger charge is -2.19. The number of aromatic nitrogens is 2. The zero-order chi connectivity index (χ0) is 15.6. The van der Waals surface area contributed by atoms with Crippen molar-refractivity contribution < 1.29 is 9.32 Å². The number of anilines is 2. The van der Waals surface area contributed by atoms with Crippen molar-refractivity contribution in [2.45, 2.75) is 33.1 Å². The average Bonchev–Trinajstić information content (AvgIpc) is 2.82. The summed E-state index contributed by atoms with van der Waals surface area (Å²) in [5.41, 5.74) is 3.49. The fourth-order valence-corrected chi connectivity index (χ4v) is 1.73. The van der Waals surface area contributed by atoms with Crippen molar-refractivity contribution in [2.24, 2.45) is 5.84 Å². The Morgan fingerprint density at radius 3 is 2.48 bits per heavy atom. The molecule has 0 saturated carbocycles. The number of aryl methyl sites for hydroxylation is 1. The topological polar surface area (TPSA) is 106 Å². The Balaban J connectivity index is 2.31. The lowest BCUT2D eigenvalue weighted by molar-refractivity contribution is 0.102. The molecule has 0 radical (unpaired) electrons. The van der Waals surface area contributed by atoms with Gasteiger partial charge in [0.25, 0.3) is 5.91 Å². The van der Waals surface area contributed by atoms with Crippen molar-refractivity contribution in [3.8, 4) is 0 Å². The van der Waals surface area contributed by atoms with E-state index >= 15 is 0 Å². The van der Waals surface area contributed by atoms with Gasteiger partial charge in [-0.15, -0.1) is 0 Å². The quantitative estimate of drug-likeness (QED) is 0.591. The summed E-state index contributed by atoms with van der Waals surface area (Å²) < 4.78 is 4.91. The summed E-state index contributed by atoms with van der Waals surface area (Å²) in [4.78, 5) is 16.6. The van der Waals surface area contributed by atoms with Gasteiger partial charge in [0.15, 0.2) is 5.82 Å². The van der Waals surface area contributed by atoms with Crippen LogP contribution in [0.25, 0.3) is 0 Å². The van der Waals surface area contributed by atoms with Crippen molar-refractivity contribution in [1.29, 1.82) is 0 Å². The van der Waals surface area contributed by atoms with Crippen LogP contribution in [0.1, 0.15) is 42.6 Å². The molecule has 2 aromatic rings. The molecule has 0 aliphatic heterocycles. The van der Waals surface area contributed by atoms with E-state index in [0.717, 1.165) is 5.69 Å². The number of nitrogens with one attached hydrogen (secondary N) is 2. The smallest absolute Gasteiger partial charge is 0.257 e. The largest absolute Gasteiger partial charge is 0.360 e. The number of hydrogen-bond acceptors (Lipinski definition) is 6. The van der Waals surface area contributed by atoms with Crippen LogP contribution in [-0.2, 0) is 5.41 Å². The van der Waals surface area contributed by atoms with Crippen LogP contribution < -0.4 is 16.6 Å². The molecule has 1 amide bonds. The molecule has 0 spiro atoms. The highest BCUT2D eigenvalue weighted by atomic mass is 16.5. The van der Waals surface area contributed by atoms with Crippen LogP contribution in [0.5, 0.6) is 0 Å². The van der Waals surface area contributed by atoms with E-state index in [0.29, 0.717) is 23.0 Å². The maximum atomic E-state index is 12.3. The first-order valence-corrected chi connectivity index (χ1v) is 6.53. The van der Waals surface area contributed by atoms with Gasteiger partial charge in [0.2, 0.25) is 0 Å². The van der Waals surface area contributed by atoms with Crippen LogP contribution in [0, 0.1) is 6.92 Å². The van der Waals surface area contributed by atoms with Gasteiger partial charge in [-0.25, -0.2) is 10.8 Å². The second kappa shape index (κ2) is 5.53. The summed E-state index contributed by atoms with van der Waals surface area (Å²) in [6.45, 7) is 7.79. The molecule has 7 nitrogen and oxygen atoms in total. The summed E-state index contributed by atoms with van der Waals surface area (Å²) in [6.07, 6.45) is 0. The van der Waals surface area contributed by atoms with Crippen molar-refractivity contribution in [3.05, 3.63) is 35.2 Å². The Hall–Kier alpha value is -2.41. The molecule has 0 aromatic carbocycles. The summed E-state index contributed by atoms with van der Waals surface area (Å²) in [6, 6.07) is 4.96. The van der Waals surface area contributed by atoms with E-state index < -0.39 is 0 Å². The maximum absolute atomic E-state index is 12.3. The SMILES string of the molecule is Cc1cc(NC(=O)c2cc(NN)nc(C(C)(C)C)c2)no1. The summed E-state index contributed by atoms with van der Waals surface area (Å²) in [5, 5.41) is 6.40. The number of carbonyl (C=O) groups is 1. The highest BCUT2D eigenvalue weighted by Gasteiger charge is 2.19. The number of nitrogens with zero attached hydrogens (tertiary/aromatic N) is 2. The molecular weight excluding hydrogens is 270 g/mol. The highest BCUT2D eigenvalue weighted by molar-refractivity contribution is 6.04. The molecule has 112 valence electrons. The van der Waals surface area contributed by atoms with Gasteiger partial charge in [0, 0.05) is 22.7 Å². The highest BCUT2D eigenvalue weighted by Crippen LogP contribution is 2.23. The van der Waals surface area contributed by atoms with Crippen LogP contribution >= 0.6 is 0 Å². The van der Waals surface area contributed by atoms with Gasteiger partial charge < -0.3 is 15.3 Å². The summed E-state index contributed by atoms with van der Waals surface area (Å²) in [7, 11) is 0. The van der Waals surface area contributed by atoms with E-state index in [2.05, 4.69) is 20.9 Å². The maximum Gasteiger partial charge on any atom is 0.257 e. The summed E-state index contributed by atoms with van der Waals surface area (Å²) in [5.74, 6) is 6.55. The predicted molar refractivity (Wildman–Crippen MR) is 79.9 cm³/mol. The Morgan fingerprint density at radius 1 is 1.24 bits per heavy atom. The van der Waals surface area contributed by atoms with Gasteiger partial charge in [-0.3, -0.25) is 4.79 Å². The van der Waals surface area contributed by atoms with Crippen molar-refractivity contribution >= 4 is 17.5 Å². The number of rotatable bonds is 3. The minimum Gasteiger partial charge on any atom is -0.360 e. The number of pyridine rings is 1. The number of hydrazine groups is 1. The van der Waals surface area contributed by atoms with Crippen LogP contribution in [-0.4, -0.2) is 16.0 Å². The van der Waals surface area contributed by atoms with E-state index in [9.17, 15) is 4.79 Å². The molecular formula is C14H19N5O2. The number of nitrogen functional groups attached to an aromatic ring is 1. The fourth-order valence-electron chi connectivity index (χ4n) is 1.73. The minimum absolute atomic E-state index is 0.202. The van der Waals surface area contributed by atoms with Gasteiger partial charge >= 0.3 is 0 Å². The van der Waals surface area contributed by atoms with E-state index in [1.807, 2.05) is 20.8 Å². The first kappa shape index (κ1) is 15.0. The molecule has 0 aliphatic rings. The molecule has 0 fully saturated rings. The summed E-state index contributed by atoms with van der Waals surface area (Å²) >= 11 is 0. The third-order valence-corrected chi connectivity index (χ3v) is 2.87. The van der Waals surface area contributed by atoms with Crippen molar-refractivity contribution in [3.63, 3.8) is 0 Å². The van der Waals surface area contributed by atoms with E-state index in [4.69, 9.17) is 10.4 Å². The monoisotopic (exact) mass is 289 g/mol. The lowest BCUT2D eigenvalue weighted by atomic mass is 9.90. The Labute approximate surface area is 122 Å². The molecule has 21 heavy (non-hydrogen) atoms. The molecule has 0 bridgehead atoms. The molecule has 4 N–H and O–H groups in total. The van der Waals surface area contributed by atoms with Gasteiger partial charge in [-0.1, -0.05) is 25.9 Å².